The largest absolute Gasteiger partial charge is 0.347 e. The highest BCUT2D eigenvalue weighted by Gasteiger charge is 2.24. The second-order valence-electron chi connectivity index (χ2n) is 4.79. The van der Waals surface area contributed by atoms with Crippen molar-refractivity contribution >= 4 is 5.91 Å². The Bertz CT molecular complexity index is 230. The van der Waals surface area contributed by atoms with Crippen LogP contribution in [0.1, 0.15) is 26.7 Å². The summed E-state index contributed by atoms with van der Waals surface area (Å²) >= 11 is 0. The van der Waals surface area contributed by atoms with Crippen molar-refractivity contribution < 1.29 is 4.79 Å². The molecule has 1 aliphatic heterocycles. The van der Waals surface area contributed by atoms with Crippen molar-refractivity contribution in [1.29, 1.82) is 0 Å². The molecule has 0 spiro atoms. The lowest BCUT2D eigenvalue weighted by Gasteiger charge is -2.25. The molecule has 1 rings (SSSR count). The van der Waals surface area contributed by atoms with Crippen LogP contribution in [0.15, 0.2) is 0 Å². The summed E-state index contributed by atoms with van der Waals surface area (Å²) in [5.41, 5.74) is 0. The van der Waals surface area contributed by atoms with E-state index in [4.69, 9.17) is 0 Å². The van der Waals surface area contributed by atoms with Crippen LogP contribution >= 0.6 is 0 Å². The maximum atomic E-state index is 11.6. The molecule has 4 heteroatoms. The Balaban J connectivity index is 2.31. The average Bonchev–Trinajstić information content (AvgIpc) is 2.71. The van der Waals surface area contributed by atoms with Crippen LogP contribution in [0.25, 0.3) is 0 Å². The number of rotatable bonds is 5. The Labute approximate surface area is 99.0 Å². The molecule has 1 aliphatic rings. The molecular formula is C12H25N3O. The number of carbonyl (C=O) groups excluding carboxylic acids is 1. The minimum atomic E-state index is -0.0747. The molecule has 0 bridgehead atoms. The molecule has 94 valence electrons. The summed E-state index contributed by atoms with van der Waals surface area (Å²) in [5.74, 6) is 0.154. The first kappa shape index (κ1) is 13.5. The predicted octanol–water partition coefficient (Wildman–Crippen LogP) is 0.537. The van der Waals surface area contributed by atoms with E-state index in [0.29, 0.717) is 6.04 Å². The summed E-state index contributed by atoms with van der Waals surface area (Å²) in [6.45, 7) is 7.39. The van der Waals surface area contributed by atoms with Gasteiger partial charge in [-0.3, -0.25) is 9.69 Å². The van der Waals surface area contributed by atoms with E-state index >= 15 is 0 Å². The maximum absolute atomic E-state index is 11.6. The number of likely N-dealkylation sites (N-methyl/N-ethyl adjacent to an activating group) is 2. The van der Waals surface area contributed by atoms with E-state index in [-0.39, 0.29) is 11.9 Å². The molecular weight excluding hydrogens is 202 g/mol. The summed E-state index contributed by atoms with van der Waals surface area (Å²) in [7, 11) is 3.60. The third kappa shape index (κ3) is 3.46. The van der Waals surface area contributed by atoms with E-state index < -0.39 is 0 Å². The first-order valence-electron chi connectivity index (χ1n) is 6.24. The number of hydrogen-bond acceptors (Lipinski definition) is 3. The number of carbonyl (C=O) groups is 1. The van der Waals surface area contributed by atoms with Gasteiger partial charge in [0.25, 0.3) is 0 Å². The Kier molecular flexibility index (Phi) is 5.22. The van der Waals surface area contributed by atoms with Gasteiger partial charge >= 0.3 is 0 Å². The lowest BCUT2D eigenvalue weighted by atomic mass is 10.2. The highest BCUT2D eigenvalue weighted by Crippen LogP contribution is 2.15. The molecule has 2 atom stereocenters. The number of hydrogen-bond donors (Lipinski definition) is 1. The number of amides is 1. The van der Waals surface area contributed by atoms with E-state index in [1.54, 1.807) is 19.0 Å². The molecule has 1 saturated heterocycles. The van der Waals surface area contributed by atoms with Crippen molar-refractivity contribution in [3.8, 4) is 0 Å². The third-order valence-corrected chi connectivity index (χ3v) is 3.38. The summed E-state index contributed by atoms with van der Waals surface area (Å²) < 4.78 is 0. The Morgan fingerprint density at radius 1 is 1.56 bits per heavy atom. The number of nitrogens with zero attached hydrogens (tertiary/aromatic N) is 2. The van der Waals surface area contributed by atoms with Crippen LogP contribution in [-0.2, 0) is 4.79 Å². The lowest BCUT2D eigenvalue weighted by Crippen LogP contribution is -2.46. The molecule has 1 N–H and O–H groups in total. The highest BCUT2D eigenvalue weighted by atomic mass is 16.2. The molecule has 0 aromatic carbocycles. The fourth-order valence-electron chi connectivity index (χ4n) is 2.33. The van der Waals surface area contributed by atoms with Gasteiger partial charge < -0.3 is 10.2 Å². The fourth-order valence-corrected chi connectivity index (χ4v) is 2.33. The van der Waals surface area contributed by atoms with Gasteiger partial charge in [0.2, 0.25) is 5.91 Å². The van der Waals surface area contributed by atoms with Gasteiger partial charge in [-0.05, 0) is 32.9 Å². The Morgan fingerprint density at radius 2 is 2.25 bits per heavy atom. The fraction of sp³-hybridized carbons (Fsp3) is 0.917. The average molecular weight is 227 g/mol. The molecule has 0 radical (unpaired) electrons. The number of likely N-dealkylation sites (tertiary alicyclic amines) is 1. The van der Waals surface area contributed by atoms with Crippen LogP contribution in [0.3, 0.4) is 0 Å². The molecule has 0 saturated carbocycles. The Morgan fingerprint density at radius 3 is 2.81 bits per heavy atom. The highest BCUT2D eigenvalue weighted by molar-refractivity contribution is 5.80. The number of nitrogens with one attached hydrogen (secondary N) is 1. The zero-order valence-corrected chi connectivity index (χ0v) is 11.0. The topological polar surface area (TPSA) is 35.6 Å². The second-order valence-corrected chi connectivity index (χ2v) is 4.79. The molecule has 4 nitrogen and oxygen atoms in total. The zero-order valence-electron chi connectivity index (χ0n) is 11.0. The van der Waals surface area contributed by atoms with Crippen molar-refractivity contribution in [1.82, 2.24) is 15.1 Å². The summed E-state index contributed by atoms with van der Waals surface area (Å²) in [4.78, 5) is 15.8. The minimum absolute atomic E-state index is 0.0747. The molecule has 1 amide bonds. The van der Waals surface area contributed by atoms with Crippen LogP contribution in [-0.4, -0.2) is 61.5 Å². The van der Waals surface area contributed by atoms with Gasteiger partial charge in [-0.1, -0.05) is 6.92 Å². The van der Waals surface area contributed by atoms with E-state index in [1.807, 2.05) is 6.92 Å². The molecule has 0 aliphatic carbocycles. The van der Waals surface area contributed by atoms with Gasteiger partial charge in [-0.25, -0.2) is 0 Å². The standard InChI is InChI=1S/C12H25N3O/c1-5-15-8-6-7-11(15)9-13-10(2)12(16)14(3)4/h10-11,13H,5-9H2,1-4H3. The van der Waals surface area contributed by atoms with Gasteiger partial charge in [0.1, 0.15) is 0 Å². The molecule has 16 heavy (non-hydrogen) atoms. The molecule has 0 aromatic heterocycles. The van der Waals surface area contributed by atoms with Crippen LogP contribution in [0.2, 0.25) is 0 Å². The maximum Gasteiger partial charge on any atom is 0.238 e. The minimum Gasteiger partial charge on any atom is -0.347 e. The van der Waals surface area contributed by atoms with E-state index in [1.165, 1.54) is 19.4 Å². The molecule has 1 heterocycles. The van der Waals surface area contributed by atoms with Crippen molar-refractivity contribution in [2.24, 2.45) is 0 Å². The van der Waals surface area contributed by atoms with Crippen molar-refractivity contribution in [2.75, 3.05) is 33.7 Å². The van der Waals surface area contributed by atoms with E-state index in [9.17, 15) is 4.79 Å². The SMILES string of the molecule is CCN1CCCC1CNC(C)C(=O)N(C)C. The Hall–Kier alpha value is -0.610. The van der Waals surface area contributed by atoms with Gasteiger partial charge in [-0.2, -0.15) is 0 Å². The van der Waals surface area contributed by atoms with Crippen LogP contribution in [0.4, 0.5) is 0 Å². The summed E-state index contributed by atoms with van der Waals surface area (Å²) in [6.07, 6.45) is 2.54. The van der Waals surface area contributed by atoms with E-state index in [0.717, 1.165) is 13.1 Å². The molecule has 2 unspecified atom stereocenters. The summed E-state index contributed by atoms with van der Waals surface area (Å²) in [6, 6.07) is 0.539. The van der Waals surface area contributed by atoms with Crippen molar-refractivity contribution in [2.45, 2.75) is 38.8 Å². The predicted molar refractivity (Wildman–Crippen MR) is 66.4 cm³/mol. The van der Waals surface area contributed by atoms with Crippen molar-refractivity contribution in [3.05, 3.63) is 0 Å². The first-order chi connectivity index (χ1) is 7.56. The first-order valence-corrected chi connectivity index (χ1v) is 6.24. The monoisotopic (exact) mass is 227 g/mol. The quantitative estimate of drug-likeness (QED) is 0.744. The second kappa shape index (κ2) is 6.21. The van der Waals surface area contributed by atoms with E-state index in [2.05, 4.69) is 17.1 Å². The third-order valence-electron chi connectivity index (χ3n) is 3.38. The normalized spacial score (nSPS) is 23.4. The van der Waals surface area contributed by atoms with Gasteiger partial charge in [-0.15, -0.1) is 0 Å². The van der Waals surface area contributed by atoms with Crippen LogP contribution < -0.4 is 5.32 Å². The lowest BCUT2D eigenvalue weighted by molar-refractivity contribution is -0.130. The summed E-state index contributed by atoms with van der Waals surface area (Å²) in [5, 5.41) is 3.34. The molecule has 0 aromatic rings. The van der Waals surface area contributed by atoms with Crippen molar-refractivity contribution in [3.63, 3.8) is 0 Å². The van der Waals surface area contributed by atoms with Crippen LogP contribution in [0.5, 0.6) is 0 Å². The molecule has 1 fully saturated rings. The smallest absolute Gasteiger partial charge is 0.238 e. The van der Waals surface area contributed by atoms with Gasteiger partial charge in [0.05, 0.1) is 6.04 Å². The van der Waals surface area contributed by atoms with Gasteiger partial charge in [0.15, 0.2) is 0 Å². The van der Waals surface area contributed by atoms with Gasteiger partial charge in [0, 0.05) is 26.7 Å². The zero-order chi connectivity index (χ0) is 12.1. The van der Waals surface area contributed by atoms with Crippen LogP contribution in [0, 0.1) is 0 Å².